The number of carbonyl (C=O) groups is 2. The van der Waals surface area contributed by atoms with Gasteiger partial charge < -0.3 is 19.5 Å². The number of nitrogens with zero attached hydrogens (tertiary/aromatic N) is 1. The smallest absolute Gasteiger partial charge is 0.329 e. The van der Waals surface area contributed by atoms with E-state index in [1.807, 2.05) is 0 Å². The fraction of sp³-hybridized carbons (Fsp3) is 0.158. The minimum atomic E-state index is -0.546. The summed E-state index contributed by atoms with van der Waals surface area (Å²) in [5.74, 6) is 0.692. The van der Waals surface area contributed by atoms with Crippen LogP contribution in [0.4, 0.5) is 9.18 Å². The van der Waals surface area contributed by atoms with Gasteiger partial charge in [0.15, 0.2) is 11.5 Å². The number of nitrogens with one attached hydrogen (secondary N) is 1. The normalized spacial score (nSPS) is 16.8. The Morgan fingerprint density at radius 1 is 1.19 bits per heavy atom. The Labute approximate surface area is 153 Å². The monoisotopic (exact) mass is 370 g/mol. The number of hydrogen-bond acceptors (Lipinski definition) is 5. The zero-order chi connectivity index (χ0) is 19.0. The molecule has 0 bridgehead atoms. The van der Waals surface area contributed by atoms with Gasteiger partial charge in [-0.2, -0.15) is 0 Å². The maximum absolute atomic E-state index is 13.0. The zero-order valence-corrected chi connectivity index (χ0v) is 14.3. The maximum atomic E-state index is 13.0. The highest BCUT2D eigenvalue weighted by Crippen LogP contribution is 2.39. The SMILES string of the molecule is COc1cc2c(cc1/C=C1/NC(=O)N(Cc3ccc(F)cc3)C1=O)OCO2. The van der Waals surface area contributed by atoms with Crippen LogP contribution in [0.5, 0.6) is 17.2 Å². The molecule has 2 aliphatic rings. The first-order chi connectivity index (χ1) is 13.0. The summed E-state index contributed by atoms with van der Waals surface area (Å²) in [6.07, 6.45) is 1.52. The summed E-state index contributed by atoms with van der Waals surface area (Å²) in [6, 6.07) is 8.40. The molecule has 3 amide bonds. The van der Waals surface area contributed by atoms with E-state index < -0.39 is 11.9 Å². The summed E-state index contributed by atoms with van der Waals surface area (Å²) < 4.78 is 29.0. The van der Waals surface area contributed by atoms with Crippen molar-refractivity contribution in [3.05, 3.63) is 59.0 Å². The number of benzene rings is 2. The number of halogens is 1. The van der Waals surface area contributed by atoms with Crippen molar-refractivity contribution in [3.63, 3.8) is 0 Å². The summed E-state index contributed by atoms with van der Waals surface area (Å²) >= 11 is 0. The van der Waals surface area contributed by atoms with Gasteiger partial charge >= 0.3 is 6.03 Å². The van der Waals surface area contributed by atoms with E-state index in [0.29, 0.717) is 28.4 Å². The molecule has 0 aliphatic carbocycles. The van der Waals surface area contributed by atoms with E-state index in [-0.39, 0.29) is 24.9 Å². The van der Waals surface area contributed by atoms with Crippen molar-refractivity contribution in [2.24, 2.45) is 0 Å². The number of fused-ring (bicyclic) bond motifs is 1. The van der Waals surface area contributed by atoms with E-state index in [1.54, 1.807) is 12.1 Å². The molecule has 0 aromatic heterocycles. The molecular formula is C19H15FN2O5. The van der Waals surface area contributed by atoms with E-state index >= 15 is 0 Å². The number of methoxy groups -OCH3 is 1. The number of urea groups is 1. The van der Waals surface area contributed by atoms with Crippen molar-refractivity contribution >= 4 is 18.0 Å². The molecule has 0 spiro atoms. The number of amides is 3. The van der Waals surface area contributed by atoms with Gasteiger partial charge in [-0.25, -0.2) is 9.18 Å². The molecule has 0 radical (unpaired) electrons. The van der Waals surface area contributed by atoms with Crippen LogP contribution in [0, 0.1) is 5.82 Å². The Hall–Kier alpha value is -3.55. The Balaban J connectivity index is 1.61. The zero-order valence-electron chi connectivity index (χ0n) is 14.3. The topological polar surface area (TPSA) is 77.1 Å². The average Bonchev–Trinajstić information content (AvgIpc) is 3.22. The van der Waals surface area contributed by atoms with E-state index in [0.717, 1.165) is 4.90 Å². The molecule has 2 aliphatic heterocycles. The lowest BCUT2D eigenvalue weighted by Crippen LogP contribution is -2.30. The van der Waals surface area contributed by atoms with Crippen LogP contribution in [0.2, 0.25) is 0 Å². The molecule has 2 aromatic rings. The lowest BCUT2D eigenvalue weighted by molar-refractivity contribution is -0.123. The van der Waals surface area contributed by atoms with Crippen molar-refractivity contribution in [1.29, 1.82) is 0 Å². The summed E-state index contributed by atoms with van der Waals surface area (Å²) in [6.45, 7) is 0.153. The molecule has 0 atom stereocenters. The number of rotatable bonds is 4. The summed E-state index contributed by atoms with van der Waals surface area (Å²) in [7, 11) is 1.50. The molecular weight excluding hydrogens is 355 g/mol. The van der Waals surface area contributed by atoms with Crippen LogP contribution in [0.15, 0.2) is 42.1 Å². The van der Waals surface area contributed by atoms with E-state index in [2.05, 4.69) is 5.32 Å². The second-order valence-corrected chi connectivity index (χ2v) is 5.95. The molecule has 4 rings (SSSR count). The third-order valence-electron chi connectivity index (χ3n) is 4.24. The quantitative estimate of drug-likeness (QED) is 0.661. The van der Waals surface area contributed by atoms with Crippen LogP contribution < -0.4 is 19.5 Å². The average molecular weight is 370 g/mol. The number of carbonyl (C=O) groups excluding carboxylic acids is 2. The van der Waals surface area contributed by atoms with Gasteiger partial charge in [-0.15, -0.1) is 0 Å². The van der Waals surface area contributed by atoms with Crippen molar-refractivity contribution in [3.8, 4) is 17.2 Å². The maximum Gasteiger partial charge on any atom is 0.329 e. The van der Waals surface area contributed by atoms with Crippen LogP contribution in [0.3, 0.4) is 0 Å². The summed E-state index contributed by atoms with van der Waals surface area (Å²) in [4.78, 5) is 25.9. The first-order valence-electron chi connectivity index (χ1n) is 8.12. The van der Waals surface area contributed by atoms with Crippen molar-refractivity contribution in [2.45, 2.75) is 6.54 Å². The van der Waals surface area contributed by atoms with Gasteiger partial charge in [0.2, 0.25) is 6.79 Å². The number of imide groups is 1. The Morgan fingerprint density at radius 3 is 2.59 bits per heavy atom. The summed E-state index contributed by atoms with van der Waals surface area (Å²) in [5, 5.41) is 2.55. The van der Waals surface area contributed by atoms with E-state index in [1.165, 1.54) is 37.5 Å². The second-order valence-electron chi connectivity index (χ2n) is 5.95. The van der Waals surface area contributed by atoms with Gasteiger partial charge in [-0.05, 0) is 29.8 Å². The molecule has 8 heteroatoms. The minimum Gasteiger partial charge on any atom is -0.496 e. The van der Waals surface area contributed by atoms with E-state index in [4.69, 9.17) is 14.2 Å². The molecule has 1 N–H and O–H groups in total. The van der Waals surface area contributed by atoms with Gasteiger partial charge in [0, 0.05) is 11.6 Å². The van der Waals surface area contributed by atoms with Gasteiger partial charge in [-0.3, -0.25) is 9.69 Å². The molecule has 27 heavy (non-hydrogen) atoms. The minimum absolute atomic E-state index is 0.0422. The van der Waals surface area contributed by atoms with Crippen LogP contribution in [0.25, 0.3) is 6.08 Å². The van der Waals surface area contributed by atoms with Crippen LogP contribution >= 0.6 is 0 Å². The Kier molecular flexibility index (Phi) is 4.15. The second kappa shape index (κ2) is 6.64. The molecule has 1 fully saturated rings. The van der Waals surface area contributed by atoms with Crippen LogP contribution in [-0.4, -0.2) is 30.7 Å². The number of ether oxygens (including phenoxy) is 3. The molecule has 2 heterocycles. The van der Waals surface area contributed by atoms with E-state index in [9.17, 15) is 14.0 Å². The highest BCUT2D eigenvalue weighted by molar-refractivity contribution is 6.14. The third-order valence-corrected chi connectivity index (χ3v) is 4.24. The lowest BCUT2D eigenvalue weighted by Gasteiger charge is -2.11. The largest absolute Gasteiger partial charge is 0.496 e. The standard InChI is InChI=1S/C19H15FN2O5/c1-25-15-8-17-16(26-10-27-17)7-12(15)6-14-18(23)22(19(24)21-14)9-11-2-4-13(20)5-3-11/h2-8H,9-10H2,1H3,(H,21,24)/b14-6+. The molecule has 0 saturated carbocycles. The first-order valence-corrected chi connectivity index (χ1v) is 8.12. The summed E-state index contributed by atoms with van der Waals surface area (Å²) in [5.41, 5.74) is 1.31. The highest BCUT2D eigenvalue weighted by Gasteiger charge is 2.34. The molecule has 2 aromatic carbocycles. The van der Waals surface area contributed by atoms with Crippen molar-refractivity contribution in [1.82, 2.24) is 10.2 Å². The first kappa shape index (κ1) is 16.9. The Bertz CT molecular complexity index is 955. The Morgan fingerprint density at radius 2 is 1.89 bits per heavy atom. The van der Waals surface area contributed by atoms with Gasteiger partial charge in [-0.1, -0.05) is 12.1 Å². The molecule has 0 unspecified atom stereocenters. The third kappa shape index (κ3) is 3.17. The fourth-order valence-corrected chi connectivity index (χ4v) is 2.87. The predicted octanol–water partition coefficient (Wildman–Crippen LogP) is 2.66. The predicted molar refractivity (Wildman–Crippen MR) is 92.6 cm³/mol. The van der Waals surface area contributed by atoms with Crippen molar-refractivity contribution in [2.75, 3.05) is 13.9 Å². The lowest BCUT2D eigenvalue weighted by atomic mass is 10.1. The van der Waals surface area contributed by atoms with Crippen LogP contribution in [0.1, 0.15) is 11.1 Å². The van der Waals surface area contributed by atoms with Crippen LogP contribution in [-0.2, 0) is 11.3 Å². The highest BCUT2D eigenvalue weighted by atomic mass is 19.1. The van der Waals surface area contributed by atoms with Gasteiger partial charge in [0.1, 0.15) is 17.3 Å². The van der Waals surface area contributed by atoms with Gasteiger partial charge in [0.05, 0.1) is 13.7 Å². The number of hydrogen-bond donors (Lipinski definition) is 1. The molecule has 138 valence electrons. The van der Waals surface area contributed by atoms with Gasteiger partial charge in [0.25, 0.3) is 5.91 Å². The molecule has 7 nitrogen and oxygen atoms in total. The fourth-order valence-electron chi connectivity index (χ4n) is 2.87. The van der Waals surface area contributed by atoms with Crippen molar-refractivity contribution < 1.29 is 28.2 Å². The molecule has 1 saturated heterocycles.